The molecule has 3 N–H and O–H groups in total. The number of amides is 1. The zero-order chi connectivity index (χ0) is 22.7. The summed E-state index contributed by atoms with van der Waals surface area (Å²) >= 11 is 0. The van der Waals surface area contributed by atoms with E-state index >= 15 is 0 Å². The van der Waals surface area contributed by atoms with Gasteiger partial charge in [-0.05, 0) is 31.9 Å². The van der Waals surface area contributed by atoms with Crippen molar-refractivity contribution in [3.05, 3.63) is 44.2 Å². The Morgan fingerprint density at radius 2 is 1.84 bits per heavy atom. The molecular formula is C22H31N3O6. The number of anilines is 3. The molecule has 2 aromatic carbocycles. The number of phenolic OH excluding ortho intramolecular Hbond substituents is 1. The number of aromatic hydroxyl groups is 1. The lowest BCUT2D eigenvalue weighted by Crippen LogP contribution is -2.44. The van der Waals surface area contributed by atoms with Crippen molar-refractivity contribution < 1.29 is 22.3 Å². The maximum absolute atomic E-state index is 12.3. The molecule has 9 heteroatoms. The SMILES string of the molecule is CCOC(=O)[C@H]1CCCC[C@@H]1Nc1c(Nc2cccc(C(=O)N(C)C)c2O)c(=O)c1=O.[HH].[HH]. The number of esters is 1. The summed E-state index contributed by atoms with van der Waals surface area (Å²) in [4.78, 5) is 50.3. The molecule has 1 saturated carbocycles. The standard InChI is InChI=1S/C22H27N3O6.2H2/c1-4-31-22(30)12-8-5-6-10-14(12)23-16-17(20(28)19(16)27)24-15-11-7-9-13(18(15)26)21(29)25(2)3;;/h7,9,11-12,14,23-24,26H,4-6,8,10H2,1-3H3;2*1H/t12-,14-;;/m0../s1. The molecule has 31 heavy (non-hydrogen) atoms. The Kier molecular flexibility index (Phi) is 6.62. The number of hydrogen-bond donors (Lipinski definition) is 3. The van der Waals surface area contributed by atoms with E-state index in [1.165, 1.54) is 17.0 Å². The van der Waals surface area contributed by atoms with Crippen molar-refractivity contribution in [1.82, 2.24) is 4.90 Å². The Morgan fingerprint density at radius 3 is 2.52 bits per heavy atom. The van der Waals surface area contributed by atoms with E-state index in [4.69, 9.17) is 4.74 Å². The van der Waals surface area contributed by atoms with Gasteiger partial charge >= 0.3 is 5.97 Å². The molecule has 3 rings (SSSR count). The number of para-hydroxylation sites is 1. The van der Waals surface area contributed by atoms with Gasteiger partial charge in [0.2, 0.25) is 0 Å². The molecular weight excluding hydrogens is 402 g/mol. The number of carbonyl (C=O) groups excluding carboxylic acids is 2. The highest BCUT2D eigenvalue weighted by Gasteiger charge is 2.34. The van der Waals surface area contributed by atoms with Gasteiger partial charge in [0, 0.05) is 23.0 Å². The number of nitrogens with zero attached hydrogens (tertiary/aromatic N) is 1. The maximum atomic E-state index is 12.3. The van der Waals surface area contributed by atoms with Gasteiger partial charge in [-0.1, -0.05) is 18.9 Å². The van der Waals surface area contributed by atoms with E-state index in [0.717, 1.165) is 12.8 Å². The topological polar surface area (TPSA) is 125 Å². The van der Waals surface area contributed by atoms with E-state index < -0.39 is 22.7 Å². The van der Waals surface area contributed by atoms with Crippen LogP contribution in [0.25, 0.3) is 0 Å². The molecule has 2 atom stereocenters. The van der Waals surface area contributed by atoms with Crippen LogP contribution in [0.1, 0.15) is 45.8 Å². The maximum Gasteiger partial charge on any atom is 0.311 e. The Morgan fingerprint density at radius 1 is 1.16 bits per heavy atom. The Bertz CT molecular complexity index is 1070. The highest BCUT2D eigenvalue weighted by atomic mass is 16.5. The summed E-state index contributed by atoms with van der Waals surface area (Å²) < 4.78 is 5.15. The molecule has 0 heterocycles. The van der Waals surface area contributed by atoms with Crippen molar-refractivity contribution in [2.75, 3.05) is 31.3 Å². The van der Waals surface area contributed by atoms with Crippen molar-refractivity contribution >= 4 is 28.9 Å². The summed E-state index contributed by atoms with van der Waals surface area (Å²) in [5, 5.41) is 16.3. The van der Waals surface area contributed by atoms with Crippen LogP contribution < -0.4 is 21.5 Å². The van der Waals surface area contributed by atoms with Crippen LogP contribution in [0.2, 0.25) is 0 Å². The number of carbonyl (C=O) groups is 2. The average molecular weight is 434 g/mol. The molecule has 0 unspecified atom stereocenters. The zero-order valence-electron chi connectivity index (χ0n) is 17.9. The van der Waals surface area contributed by atoms with Crippen LogP contribution in [0, 0.1) is 5.92 Å². The number of ether oxygens (including phenoxy) is 1. The van der Waals surface area contributed by atoms with E-state index in [1.807, 2.05) is 0 Å². The highest BCUT2D eigenvalue weighted by molar-refractivity contribution is 5.99. The fourth-order valence-corrected chi connectivity index (χ4v) is 3.86. The molecule has 0 spiro atoms. The summed E-state index contributed by atoms with van der Waals surface area (Å²) in [5.41, 5.74) is -1.13. The minimum absolute atomic E-state index is 0. The second-order valence-corrected chi connectivity index (χ2v) is 7.83. The van der Waals surface area contributed by atoms with E-state index in [9.17, 15) is 24.3 Å². The molecule has 1 aliphatic carbocycles. The summed E-state index contributed by atoms with van der Waals surface area (Å²) in [6, 6.07) is 4.21. The molecule has 0 aromatic heterocycles. The van der Waals surface area contributed by atoms with Gasteiger partial charge < -0.3 is 25.4 Å². The lowest BCUT2D eigenvalue weighted by molar-refractivity contribution is -0.149. The van der Waals surface area contributed by atoms with Gasteiger partial charge in [-0.25, -0.2) is 0 Å². The van der Waals surface area contributed by atoms with Gasteiger partial charge in [0.1, 0.15) is 11.4 Å². The molecule has 2 aromatic rings. The first-order valence-corrected chi connectivity index (χ1v) is 10.3. The Labute approximate surface area is 182 Å². The number of phenols is 1. The van der Waals surface area contributed by atoms with Crippen LogP contribution in [0.15, 0.2) is 27.8 Å². The predicted molar refractivity (Wildman–Crippen MR) is 121 cm³/mol. The predicted octanol–water partition coefficient (Wildman–Crippen LogP) is 2.46. The van der Waals surface area contributed by atoms with Crippen molar-refractivity contribution in [2.24, 2.45) is 5.92 Å². The molecule has 0 aliphatic heterocycles. The van der Waals surface area contributed by atoms with Crippen molar-refractivity contribution in [3.8, 4) is 5.75 Å². The van der Waals surface area contributed by atoms with E-state index in [2.05, 4.69) is 10.6 Å². The van der Waals surface area contributed by atoms with Crippen LogP contribution in [-0.2, 0) is 9.53 Å². The molecule has 0 saturated heterocycles. The average Bonchev–Trinajstić information content (AvgIpc) is 2.76. The van der Waals surface area contributed by atoms with Gasteiger partial charge in [-0.15, -0.1) is 0 Å². The molecule has 170 valence electrons. The van der Waals surface area contributed by atoms with Crippen LogP contribution in [-0.4, -0.2) is 48.6 Å². The first-order chi connectivity index (χ1) is 14.8. The molecule has 1 fully saturated rings. The van der Waals surface area contributed by atoms with Gasteiger partial charge in [-0.2, -0.15) is 0 Å². The normalized spacial score (nSPS) is 18.4. The van der Waals surface area contributed by atoms with Gasteiger partial charge in [0.15, 0.2) is 5.75 Å². The molecule has 9 nitrogen and oxygen atoms in total. The second-order valence-electron chi connectivity index (χ2n) is 7.83. The van der Waals surface area contributed by atoms with Crippen LogP contribution in [0.4, 0.5) is 17.1 Å². The smallest absolute Gasteiger partial charge is 0.311 e. The fourth-order valence-electron chi connectivity index (χ4n) is 3.86. The molecule has 1 aliphatic rings. The third-order valence-electron chi connectivity index (χ3n) is 5.53. The third kappa shape index (κ3) is 4.40. The van der Waals surface area contributed by atoms with E-state index in [-0.39, 0.29) is 49.8 Å². The first kappa shape index (κ1) is 22.3. The van der Waals surface area contributed by atoms with E-state index in [0.29, 0.717) is 12.8 Å². The number of benzene rings is 1. The molecule has 0 bridgehead atoms. The second kappa shape index (κ2) is 9.20. The fraction of sp³-hybridized carbons (Fsp3) is 0.455. The number of hydrogen-bond acceptors (Lipinski definition) is 8. The number of nitrogens with one attached hydrogen (secondary N) is 2. The summed E-state index contributed by atoms with van der Waals surface area (Å²) in [7, 11) is 3.12. The minimum atomic E-state index is -0.727. The quantitative estimate of drug-likeness (QED) is 0.345. The molecule has 0 radical (unpaired) electrons. The van der Waals surface area contributed by atoms with Gasteiger partial charge in [0.25, 0.3) is 16.8 Å². The molecule has 1 amide bonds. The summed E-state index contributed by atoms with van der Waals surface area (Å²) in [6.07, 6.45) is 3.09. The first-order valence-electron chi connectivity index (χ1n) is 10.3. The Balaban J connectivity index is 0.00000272. The lowest BCUT2D eigenvalue weighted by Gasteiger charge is -2.32. The lowest BCUT2D eigenvalue weighted by atomic mass is 9.84. The van der Waals surface area contributed by atoms with Crippen molar-refractivity contribution in [2.45, 2.75) is 38.6 Å². The van der Waals surface area contributed by atoms with Crippen molar-refractivity contribution in [3.63, 3.8) is 0 Å². The highest BCUT2D eigenvalue weighted by Crippen LogP contribution is 2.34. The van der Waals surface area contributed by atoms with Gasteiger partial charge in [0.05, 0.1) is 23.8 Å². The third-order valence-corrected chi connectivity index (χ3v) is 5.53. The monoisotopic (exact) mass is 433 g/mol. The Hall–Kier alpha value is -3.36. The zero-order valence-corrected chi connectivity index (χ0v) is 17.9. The van der Waals surface area contributed by atoms with Crippen LogP contribution in [0.5, 0.6) is 5.75 Å². The summed E-state index contributed by atoms with van der Waals surface area (Å²) in [6.45, 7) is 2.01. The summed E-state index contributed by atoms with van der Waals surface area (Å²) in [5.74, 6) is -1.44. The van der Waals surface area contributed by atoms with Gasteiger partial charge in [-0.3, -0.25) is 19.2 Å². The van der Waals surface area contributed by atoms with Crippen LogP contribution in [0.3, 0.4) is 0 Å². The van der Waals surface area contributed by atoms with Crippen molar-refractivity contribution in [1.29, 1.82) is 0 Å². The van der Waals surface area contributed by atoms with Crippen LogP contribution >= 0.6 is 0 Å². The minimum Gasteiger partial charge on any atom is -0.505 e. The largest absolute Gasteiger partial charge is 0.505 e. The number of rotatable bonds is 7. The van der Waals surface area contributed by atoms with E-state index in [1.54, 1.807) is 27.1 Å².